The van der Waals surface area contributed by atoms with Crippen LogP contribution in [0.2, 0.25) is 0 Å². The molecule has 0 aromatic heterocycles. The smallest absolute Gasteiger partial charge is 0.253 e. The zero-order chi connectivity index (χ0) is 13.3. The largest absolute Gasteiger partial charge is 0.336 e. The van der Waals surface area contributed by atoms with Gasteiger partial charge in [0.1, 0.15) is 5.82 Å². The van der Waals surface area contributed by atoms with Gasteiger partial charge in [-0.25, -0.2) is 4.39 Å². The number of nitrogens with zero attached hydrogens (tertiary/aromatic N) is 1. The Morgan fingerprint density at radius 1 is 1.33 bits per heavy atom. The van der Waals surface area contributed by atoms with Crippen LogP contribution in [0.25, 0.3) is 0 Å². The fourth-order valence-corrected chi connectivity index (χ4v) is 2.45. The Bertz CT molecular complexity index is 451. The minimum absolute atomic E-state index is 0.0155. The van der Waals surface area contributed by atoms with Gasteiger partial charge in [0, 0.05) is 30.7 Å². The molecular weight excluding hydrogens is 231 g/mol. The minimum atomic E-state index is -0.270. The number of carbonyl (C=O) groups is 1. The molecule has 0 radical (unpaired) electrons. The zero-order valence-corrected chi connectivity index (χ0v) is 11.0. The number of benzene rings is 1. The van der Waals surface area contributed by atoms with E-state index in [2.05, 4.69) is 19.2 Å². The molecule has 1 fully saturated rings. The van der Waals surface area contributed by atoms with Crippen molar-refractivity contribution in [1.82, 2.24) is 10.2 Å². The first-order chi connectivity index (χ1) is 8.47. The number of carbonyl (C=O) groups excluding carboxylic acids is 1. The lowest BCUT2D eigenvalue weighted by atomic mass is 10.1. The summed E-state index contributed by atoms with van der Waals surface area (Å²) in [6.45, 7) is 7.19. The molecule has 4 heteroatoms. The maximum atomic E-state index is 13.2. The standard InChI is InChI=1S/C14H19FN2O/c1-9-6-12(4-5-13(9)15)14(18)17-7-10(2)16-11(3)8-17/h4-6,10-11,16H,7-8H2,1-3H3/t10-,11+. The zero-order valence-electron chi connectivity index (χ0n) is 11.0. The number of piperazine rings is 1. The number of rotatable bonds is 1. The average molecular weight is 250 g/mol. The molecular formula is C14H19FN2O. The number of hydrogen-bond donors (Lipinski definition) is 1. The van der Waals surface area contributed by atoms with Crippen LogP contribution in [0, 0.1) is 12.7 Å². The maximum Gasteiger partial charge on any atom is 0.253 e. The van der Waals surface area contributed by atoms with Gasteiger partial charge in [0.15, 0.2) is 0 Å². The van der Waals surface area contributed by atoms with Gasteiger partial charge in [-0.05, 0) is 44.5 Å². The first-order valence-corrected chi connectivity index (χ1v) is 6.29. The summed E-state index contributed by atoms with van der Waals surface area (Å²) in [6.07, 6.45) is 0. The highest BCUT2D eigenvalue weighted by molar-refractivity contribution is 5.94. The van der Waals surface area contributed by atoms with Crippen LogP contribution in [0.1, 0.15) is 29.8 Å². The topological polar surface area (TPSA) is 32.3 Å². The fraction of sp³-hybridized carbons (Fsp3) is 0.500. The van der Waals surface area contributed by atoms with Crippen molar-refractivity contribution >= 4 is 5.91 Å². The van der Waals surface area contributed by atoms with E-state index in [4.69, 9.17) is 0 Å². The molecule has 1 aliphatic heterocycles. The van der Waals surface area contributed by atoms with E-state index in [1.807, 2.05) is 4.90 Å². The van der Waals surface area contributed by atoms with E-state index in [0.717, 1.165) is 0 Å². The van der Waals surface area contributed by atoms with Crippen LogP contribution in [0.3, 0.4) is 0 Å². The highest BCUT2D eigenvalue weighted by Crippen LogP contribution is 2.14. The van der Waals surface area contributed by atoms with Crippen LogP contribution in [0.4, 0.5) is 4.39 Å². The van der Waals surface area contributed by atoms with Gasteiger partial charge in [0.2, 0.25) is 0 Å². The molecule has 0 saturated carbocycles. The Morgan fingerprint density at radius 2 is 1.94 bits per heavy atom. The summed E-state index contributed by atoms with van der Waals surface area (Å²) in [7, 11) is 0. The van der Waals surface area contributed by atoms with Crippen LogP contribution in [-0.2, 0) is 0 Å². The molecule has 1 aromatic carbocycles. The fourth-order valence-electron chi connectivity index (χ4n) is 2.45. The van der Waals surface area contributed by atoms with Crippen molar-refractivity contribution in [3.05, 3.63) is 35.1 Å². The van der Waals surface area contributed by atoms with E-state index < -0.39 is 0 Å². The number of halogens is 1. The summed E-state index contributed by atoms with van der Waals surface area (Å²) in [6, 6.07) is 5.12. The Hall–Kier alpha value is -1.42. The van der Waals surface area contributed by atoms with Crippen LogP contribution in [-0.4, -0.2) is 36.0 Å². The average Bonchev–Trinajstić information content (AvgIpc) is 2.30. The molecule has 1 saturated heterocycles. The quantitative estimate of drug-likeness (QED) is 0.826. The second-order valence-corrected chi connectivity index (χ2v) is 5.14. The number of nitrogens with one attached hydrogen (secondary N) is 1. The van der Waals surface area contributed by atoms with Crippen molar-refractivity contribution in [2.75, 3.05) is 13.1 Å². The van der Waals surface area contributed by atoms with Crippen LogP contribution < -0.4 is 5.32 Å². The highest BCUT2D eigenvalue weighted by Gasteiger charge is 2.25. The molecule has 98 valence electrons. The van der Waals surface area contributed by atoms with Gasteiger partial charge in [-0.1, -0.05) is 0 Å². The van der Waals surface area contributed by atoms with Gasteiger partial charge in [-0.2, -0.15) is 0 Å². The minimum Gasteiger partial charge on any atom is -0.336 e. The van der Waals surface area contributed by atoms with Gasteiger partial charge in [0.05, 0.1) is 0 Å². The lowest BCUT2D eigenvalue weighted by molar-refractivity contribution is 0.0673. The van der Waals surface area contributed by atoms with E-state index in [0.29, 0.717) is 36.3 Å². The van der Waals surface area contributed by atoms with Gasteiger partial charge in [-0.3, -0.25) is 4.79 Å². The monoisotopic (exact) mass is 250 g/mol. The van der Waals surface area contributed by atoms with E-state index in [-0.39, 0.29) is 11.7 Å². The third-order valence-corrected chi connectivity index (χ3v) is 3.25. The number of hydrogen-bond acceptors (Lipinski definition) is 2. The van der Waals surface area contributed by atoms with E-state index in [1.165, 1.54) is 6.07 Å². The third kappa shape index (κ3) is 2.70. The second-order valence-electron chi connectivity index (χ2n) is 5.14. The second kappa shape index (κ2) is 5.06. The molecule has 1 amide bonds. The van der Waals surface area contributed by atoms with Gasteiger partial charge in [-0.15, -0.1) is 0 Å². The summed E-state index contributed by atoms with van der Waals surface area (Å²) >= 11 is 0. The molecule has 2 rings (SSSR count). The van der Waals surface area contributed by atoms with Crippen molar-refractivity contribution in [3.8, 4) is 0 Å². The normalized spacial score (nSPS) is 24.1. The molecule has 0 spiro atoms. The lowest BCUT2D eigenvalue weighted by Gasteiger charge is -2.36. The molecule has 1 aliphatic rings. The Kier molecular flexibility index (Phi) is 3.66. The van der Waals surface area contributed by atoms with Crippen LogP contribution >= 0.6 is 0 Å². The van der Waals surface area contributed by atoms with Gasteiger partial charge in [0.25, 0.3) is 5.91 Å². The van der Waals surface area contributed by atoms with E-state index in [1.54, 1.807) is 19.1 Å². The van der Waals surface area contributed by atoms with E-state index >= 15 is 0 Å². The highest BCUT2D eigenvalue weighted by atomic mass is 19.1. The SMILES string of the molecule is Cc1cc(C(=O)N2C[C@@H](C)N[C@@H](C)C2)ccc1F. The molecule has 0 aliphatic carbocycles. The maximum absolute atomic E-state index is 13.2. The predicted octanol–water partition coefficient (Wildman–Crippen LogP) is 1.96. The van der Waals surface area contributed by atoms with Crippen molar-refractivity contribution in [2.45, 2.75) is 32.9 Å². The number of amides is 1. The Balaban J connectivity index is 2.17. The molecule has 1 aromatic rings. The van der Waals surface area contributed by atoms with Crippen molar-refractivity contribution in [2.24, 2.45) is 0 Å². The molecule has 1 heterocycles. The summed E-state index contributed by atoms with van der Waals surface area (Å²) in [5.74, 6) is -0.285. The summed E-state index contributed by atoms with van der Waals surface area (Å²) < 4.78 is 13.2. The van der Waals surface area contributed by atoms with E-state index in [9.17, 15) is 9.18 Å². The van der Waals surface area contributed by atoms with Crippen LogP contribution in [0.5, 0.6) is 0 Å². The Labute approximate surface area is 107 Å². The predicted molar refractivity (Wildman–Crippen MR) is 69.1 cm³/mol. The van der Waals surface area contributed by atoms with Crippen molar-refractivity contribution in [3.63, 3.8) is 0 Å². The third-order valence-electron chi connectivity index (χ3n) is 3.25. The molecule has 2 atom stereocenters. The molecule has 1 N–H and O–H groups in total. The van der Waals surface area contributed by atoms with Gasteiger partial charge < -0.3 is 10.2 Å². The molecule has 3 nitrogen and oxygen atoms in total. The molecule has 18 heavy (non-hydrogen) atoms. The first kappa shape index (κ1) is 13.0. The van der Waals surface area contributed by atoms with Gasteiger partial charge >= 0.3 is 0 Å². The Morgan fingerprint density at radius 3 is 2.50 bits per heavy atom. The van der Waals surface area contributed by atoms with Crippen molar-refractivity contribution < 1.29 is 9.18 Å². The number of aryl methyl sites for hydroxylation is 1. The lowest BCUT2D eigenvalue weighted by Crippen LogP contribution is -2.55. The summed E-state index contributed by atoms with van der Waals surface area (Å²) in [5, 5.41) is 3.38. The summed E-state index contributed by atoms with van der Waals surface area (Å²) in [5.41, 5.74) is 1.08. The molecule has 0 bridgehead atoms. The summed E-state index contributed by atoms with van der Waals surface area (Å²) in [4.78, 5) is 14.2. The first-order valence-electron chi connectivity index (χ1n) is 6.29. The van der Waals surface area contributed by atoms with Crippen molar-refractivity contribution in [1.29, 1.82) is 0 Å². The van der Waals surface area contributed by atoms with Crippen LogP contribution in [0.15, 0.2) is 18.2 Å². The molecule has 0 unspecified atom stereocenters.